The highest BCUT2D eigenvalue weighted by molar-refractivity contribution is 5.95. The molecule has 2 heterocycles. The molecular formula is C25H34N2O3. The van der Waals surface area contributed by atoms with Gasteiger partial charge < -0.3 is 14.2 Å². The van der Waals surface area contributed by atoms with Gasteiger partial charge in [0, 0.05) is 25.3 Å². The van der Waals surface area contributed by atoms with Crippen molar-refractivity contribution in [1.29, 1.82) is 0 Å². The lowest BCUT2D eigenvalue weighted by atomic mass is 9.97. The van der Waals surface area contributed by atoms with Gasteiger partial charge in [-0.15, -0.1) is 0 Å². The molecule has 3 rings (SSSR count). The van der Waals surface area contributed by atoms with Crippen molar-refractivity contribution < 1.29 is 14.3 Å². The molecule has 1 saturated heterocycles. The molecule has 5 nitrogen and oxygen atoms in total. The second-order valence-corrected chi connectivity index (χ2v) is 8.25. The van der Waals surface area contributed by atoms with Crippen LogP contribution in [0.25, 0.3) is 0 Å². The minimum Gasteiger partial charge on any atom is -0.466 e. The molecule has 1 aromatic carbocycles. The number of rotatable bonds is 6. The zero-order chi connectivity index (χ0) is 21.8. The third kappa shape index (κ3) is 4.30. The molecule has 1 atom stereocenters. The second-order valence-electron chi connectivity index (χ2n) is 8.25. The Hall–Kier alpha value is -2.56. The van der Waals surface area contributed by atoms with Crippen molar-refractivity contribution in [3.8, 4) is 0 Å². The normalized spacial score (nSPS) is 16.6. The standard InChI is InChI=1S/C25H34N2O3/c1-6-22-18(4)23(27(19(22)5)16-20-12-9-8-11-17(20)3)24(28)26-14-10-13-21(15-26)25(29)30-7-2/h8-9,11-12,21H,6-7,10,13-16H2,1-5H3/t21-/m0/s1. The number of aromatic nitrogens is 1. The number of amides is 1. The van der Waals surface area contributed by atoms with Crippen molar-refractivity contribution in [2.24, 2.45) is 5.92 Å². The van der Waals surface area contributed by atoms with Crippen LogP contribution in [0.2, 0.25) is 0 Å². The van der Waals surface area contributed by atoms with Gasteiger partial charge in [-0.1, -0.05) is 31.2 Å². The van der Waals surface area contributed by atoms with Crippen molar-refractivity contribution >= 4 is 11.9 Å². The first-order chi connectivity index (χ1) is 14.4. The molecule has 1 aromatic heterocycles. The Kier molecular flexibility index (Phi) is 7.01. The first-order valence-corrected chi connectivity index (χ1v) is 11.1. The fourth-order valence-electron chi connectivity index (χ4n) is 4.66. The molecule has 0 N–H and O–H groups in total. The molecule has 162 valence electrons. The smallest absolute Gasteiger partial charge is 0.310 e. The maximum atomic E-state index is 13.7. The summed E-state index contributed by atoms with van der Waals surface area (Å²) < 4.78 is 7.39. The maximum absolute atomic E-state index is 13.7. The summed E-state index contributed by atoms with van der Waals surface area (Å²) in [4.78, 5) is 27.8. The van der Waals surface area contributed by atoms with E-state index in [2.05, 4.69) is 44.4 Å². The monoisotopic (exact) mass is 410 g/mol. The lowest BCUT2D eigenvalue weighted by molar-refractivity contribution is -0.149. The first kappa shape index (κ1) is 22.1. The van der Waals surface area contributed by atoms with Crippen LogP contribution in [-0.2, 0) is 22.5 Å². The van der Waals surface area contributed by atoms with E-state index in [9.17, 15) is 9.59 Å². The van der Waals surface area contributed by atoms with Crippen LogP contribution in [0.1, 0.15) is 65.1 Å². The van der Waals surface area contributed by atoms with Crippen LogP contribution >= 0.6 is 0 Å². The van der Waals surface area contributed by atoms with Gasteiger partial charge in [-0.25, -0.2) is 0 Å². The van der Waals surface area contributed by atoms with Gasteiger partial charge in [0.2, 0.25) is 0 Å². The second kappa shape index (κ2) is 9.50. The van der Waals surface area contributed by atoms with E-state index in [0.717, 1.165) is 36.2 Å². The summed E-state index contributed by atoms with van der Waals surface area (Å²) in [6, 6.07) is 8.32. The summed E-state index contributed by atoms with van der Waals surface area (Å²) in [5.74, 6) is -0.389. The van der Waals surface area contributed by atoms with Gasteiger partial charge in [-0.3, -0.25) is 9.59 Å². The Balaban J connectivity index is 1.95. The summed E-state index contributed by atoms with van der Waals surface area (Å²) in [6.07, 6.45) is 2.50. The quantitative estimate of drug-likeness (QED) is 0.662. The van der Waals surface area contributed by atoms with Gasteiger partial charge in [0.25, 0.3) is 5.91 Å². The lowest BCUT2D eigenvalue weighted by Crippen LogP contribution is -2.43. The summed E-state index contributed by atoms with van der Waals surface area (Å²) in [5, 5.41) is 0. The molecule has 2 aromatic rings. The minimum absolute atomic E-state index is 0.0258. The fourth-order valence-corrected chi connectivity index (χ4v) is 4.66. The maximum Gasteiger partial charge on any atom is 0.310 e. The van der Waals surface area contributed by atoms with Crippen molar-refractivity contribution in [2.45, 2.75) is 60.4 Å². The number of ether oxygens (including phenoxy) is 1. The van der Waals surface area contributed by atoms with E-state index in [1.54, 1.807) is 0 Å². The van der Waals surface area contributed by atoms with Crippen LogP contribution in [0, 0.1) is 26.7 Å². The molecule has 0 bridgehead atoms. The third-order valence-electron chi connectivity index (χ3n) is 6.39. The Bertz CT molecular complexity index is 929. The number of piperidine rings is 1. The molecule has 1 aliphatic rings. The SMILES string of the molecule is CCOC(=O)[C@H]1CCCN(C(=O)c2c(C)c(CC)c(C)n2Cc2ccccc2C)C1. The lowest BCUT2D eigenvalue weighted by Gasteiger charge is -2.32. The van der Waals surface area contributed by atoms with Gasteiger partial charge in [0.15, 0.2) is 0 Å². The minimum atomic E-state index is -0.227. The number of carbonyl (C=O) groups excluding carboxylic acids is 2. The van der Waals surface area contributed by atoms with Gasteiger partial charge >= 0.3 is 5.97 Å². The molecule has 1 fully saturated rings. The Morgan fingerprint density at radius 3 is 2.53 bits per heavy atom. The van der Waals surface area contributed by atoms with E-state index in [1.807, 2.05) is 24.0 Å². The number of esters is 1. The van der Waals surface area contributed by atoms with Crippen LogP contribution in [-0.4, -0.2) is 41.0 Å². The Labute approximate surface area is 180 Å². The number of carbonyl (C=O) groups is 2. The number of benzene rings is 1. The fraction of sp³-hybridized carbons (Fsp3) is 0.520. The van der Waals surface area contributed by atoms with E-state index in [0.29, 0.717) is 26.2 Å². The van der Waals surface area contributed by atoms with Crippen LogP contribution in [0.15, 0.2) is 24.3 Å². The first-order valence-electron chi connectivity index (χ1n) is 11.1. The molecule has 5 heteroatoms. The number of aryl methyl sites for hydroxylation is 1. The Morgan fingerprint density at radius 1 is 1.13 bits per heavy atom. The highest BCUT2D eigenvalue weighted by atomic mass is 16.5. The molecule has 1 aliphatic heterocycles. The number of hydrogen-bond acceptors (Lipinski definition) is 3. The van der Waals surface area contributed by atoms with Crippen molar-refractivity contribution in [3.63, 3.8) is 0 Å². The number of nitrogens with zero attached hydrogens (tertiary/aromatic N) is 2. The molecular weight excluding hydrogens is 376 g/mol. The van der Waals surface area contributed by atoms with Crippen molar-refractivity contribution in [3.05, 3.63) is 57.9 Å². The van der Waals surface area contributed by atoms with Crippen LogP contribution in [0.5, 0.6) is 0 Å². The molecule has 0 saturated carbocycles. The average Bonchev–Trinajstić information content (AvgIpc) is 2.98. The summed E-state index contributed by atoms with van der Waals surface area (Å²) in [5.41, 5.74) is 6.66. The number of likely N-dealkylation sites (tertiary alicyclic amines) is 1. The molecule has 30 heavy (non-hydrogen) atoms. The predicted octanol–water partition coefficient (Wildman–Crippen LogP) is 4.44. The molecule has 0 aliphatic carbocycles. The summed E-state index contributed by atoms with van der Waals surface area (Å²) >= 11 is 0. The van der Waals surface area contributed by atoms with Gasteiger partial charge in [0.1, 0.15) is 5.69 Å². The van der Waals surface area contributed by atoms with Gasteiger partial charge in [-0.2, -0.15) is 0 Å². The van der Waals surface area contributed by atoms with Crippen LogP contribution < -0.4 is 0 Å². The van der Waals surface area contributed by atoms with Crippen molar-refractivity contribution in [2.75, 3.05) is 19.7 Å². The third-order valence-corrected chi connectivity index (χ3v) is 6.39. The highest BCUT2D eigenvalue weighted by Crippen LogP contribution is 2.28. The van der Waals surface area contributed by atoms with E-state index in [4.69, 9.17) is 4.74 Å². The summed E-state index contributed by atoms with van der Waals surface area (Å²) in [7, 11) is 0. The molecule has 0 spiro atoms. The van der Waals surface area contributed by atoms with E-state index < -0.39 is 0 Å². The molecule has 0 radical (unpaired) electrons. The highest BCUT2D eigenvalue weighted by Gasteiger charge is 2.32. The number of hydrogen-bond donors (Lipinski definition) is 0. The average molecular weight is 411 g/mol. The van der Waals surface area contributed by atoms with Gasteiger partial charge in [-0.05, 0) is 69.2 Å². The topological polar surface area (TPSA) is 51.5 Å². The van der Waals surface area contributed by atoms with E-state index in [-0.39, 0.29) is 17.8 Å². The largest absolute Gasteiger partial charge is 0.466 e. The predicted molar refractivity (Wildman–Crippen MR) is 119 cm³/mol. The van der Waals surface area contributed by atoms with E-state index in [1.165, 1.54) is 16.7 Å². The zero-order valence-electron chi connectivity index (χ0n) is 19.0. The van der Waals surface area contributed by atoms with Crippen LogP contribution in [0.4, 0.5) is 0 Å². The Morgan fingerprint density at radius 2 is 1.87 bits per heavy atom. The van der Waals surface area contributed by atoms with Gasteiger partial charge in [0.05, 0.1) is 12.5 Å². The van der Waals surface area contributed by atoms with E-state index >= 15 is 0 Å². The van der Waals surface area contributed by atoms with Crippen molar-refractivity contribution in [1.82, 2.24) is 9.47 Å². The summed E-state index contributed by atoms with van der Waals surface area (Å²) in [6.45, 7) is 12.4. The zero-order valence-corrected chi connectivity index (χ0v) is 19.0. The van der Waals surface area contributed by atoms with Crippen LogP contribution in [0.3, 0.4) is 0 Å². The molecule has 1 amide bonds. The molecule has 0 unspecified atom stereocenters.